The quantitative estimate of drug-likeness (QED) is 0.577. The first kappa shape index (κ1) is 18.6. The molecule has 2 aromatic rings. The summed E-state index contributed by atoms with van der Waals surface area (Å²) < 4.78 is 5.24. The molecule has 0 saturated carbocycles. The van der Waals surface area contributed by atoms with Crippen molar-refractivity contribution in [3.05, 3.63) is 71.8 Å². The number of ketones is 1. The van der Waals surface area contributed by atoms with Gasteiger partial charge in [-0.1, -0.05) is 54.6 Å². The molecule has 4 heteroatoms. The highest BCUT2D eigenvalue weighted by molar-refractivity contribution is 5.98. The van der Waals surface area contributed by atoms with Gasteiger partial charge in [-0.3, -0.25) is 4.79 Å². The van der Waals surface area contributed by atoms with E-state index in [1.54, 1.807) is 18.2 Å². The number of hydrogen-bond donors (Lipinski definition) is 1. The number of allylic oxidation sites excluding steroid dienone is 2. The number of aromatic hydroxyl groups is 1. The van der Waals surface area contributed by atoms with E-state index in [9.17, 15) is 14.7 Å². The topological polar surface area (TPSA) is 63.6 Å². The average molecular weight is 362 g/mol. The van der Waals surface area contributed by atoms with Gasteiger partial charge in [0.2, 0.25) is 0 Å². The first-order valence-electron chi connectivity index (χ1n) is 9.08. The summed E-state index contributed by atoms with van der Waals surface area (Å²) in [6.07, 6.45) is 9.47. The summed E-state index contributed by atoms with van der Waals surface area (Å²) in [5.41, 5.74) is 2.53. The number of phenols is 1. The zero-order valence-corrected chi connectivity index (χ0v) is 15.1. The van der Waals surface area contributed by atoms with Crippen molar-refractivity contribution in [2.75, 3.05) is 6.61 Å². The van der Waals surface area contributed by atoms with Crippen LogP contribution in [-0.2, 0) is 9.53 Å². The molecule has 0 aliphatic carbocycles. The molecule has 0 fully saturated rings. The Morgan fingerprint density at radius 3 is 2.56 bits per heavy atom. The van der Waals surface area contributed by atoms with E-state index >= 15 is 0 Å². The van der Waals surface area contributed by atoms with Crippen LogP contribution >= 0.6 is 0 Å². The number of phenolic OH excluding ortho intramolecular Hbond substituents is 1. The molecule has 0 spiro atoms. The van der Waals surface area contributed by atoms with Crippen LogP contribution in [0.2, 0.25) is 0 Å². The van der Waals surface area contributed by atoms with Gasteiger partial charge in [0.1, 0.15) is 23.7 Å². The number of Topliss-reactive ketones (excluding diaryl/α,β-unsaturated/α-hetero) is 1. The van der Waals surface area contributed by atoms with Crippen LogP contribution in [0.4, 0.5) is 0 Å². The Bertz CT molecular complexity index is 879. The zero-order chi connectivity index (χ0) is 19.1. The molecule has 0 atom stereocenters. The molecule has 1 aliphatic rings. The minimum Gasteiger partial charge on any atom is -0.507 e. The Kier molecular flexibility index (Phi) is 6.21. The van der Waals surface area contributed by atoms with Crippen molar-refractivity contribution >= 4 is 17.8 Å². The number of ether oxygens (including phenoxy) is 1. The predicted octanol–water partition coefficient (Wildman–Crippen LogP) is 4.93. The predicted molar refractivity (Wildman–Crippen MR) is 105 cm³/mol. The van der Waals surface area contributed by atoms with E-state index in [1.165, 1.54) is 0 Å². The van der Waals surface area contributed by atoms with Gasteiger partial charge in [-0.15, -0.1) is 0 Å². The maximum Gasteiger partial charge on any atom is 0.342 e. The van der Waals surface area contributed by atoms with Crippen molar-refractivity contribution in [2.24, 2.45) is 0 Å². The minimum atomic E-state index is -0.584. The molecule has 1 aliphatic heterocycles. The Morgan fingerprint density at radius 1 is 0.926 bits per heavy atom. The molecular weight excluding hydrogens is 340 g/mol. The van der Waals surface area contributed by atoms with E-state index in [0.29, 0.717) is 18.4 Å². The van der Waals surface area contributed by atoms with Crippen LogP contribution in [0.25, 0.3) is 17.2 Å². The number of fused-ring (bicyclic) bond motifs is 1. The Hall–Kier alpha value is -3.14. The van der Waals surface area contributed by atoms with Crippen molar-refractivity contribution in [3.63, 3.8) is 0 Å². The fourth-order valence-corrected chi connectivity index (χ4v) is 3.01. The number of carbonyl (C=O) groups excluding carboxylic acids is 2. The van der Waals surface area contributed by atoms with Gasteiger partial charge in [-0.25, -0.2) is 4.79 Å². The molecule has 138 valence electrons. The van der Waals surface area contributed by atoms with Crippen LogP contribution < -0.4 is 0 Å². The van der Waals surface area contributed by atoms with E-state index in [1.807, 2.05) is 48.6 Å². The molecule has 1 heterocycles. The molecule has 0 unspecified atom stereocenters. The van der Waals surface area contributed by atoms with E-state index in [0.717, 1.165) is 24.0 Å². The average Bonchev–Trinajstić information content (AvgIpc) is 2.67. The second kappa shape index (κ2) is 8.99. The summed E-state index contributed by atoms with van der Waals surface area (Å²) in [6.45, 7) is 0.0646. The fraction of sp³-hybridized carbons (Fsp3) is 0.217. The van der Waals surface area contributed by atoms with E-state index in [2.05, 4.69) is 0 Å². The fourth-order valence-electron chi connectivity index (χ4n) is 3.01. The van der Waals surface area contributed by atoms with Crippen LogP contribution in [-0.4, -0.2) is 23.5 Å². The van der Waals surface area contributed by atoms with Gasteiger partial charge in [-0.2, -0.15) is 0 Å². The van der Waals surface area contributed by atoms with E-state index in [4.69, 9.17) is 4.74 Å². The highest BCUT2D eigenvalue weighted by Crippen LogP contribution is 2.31. The highest BCUT2D eigenvalue weighted by atomic mass is 16.5. The molecule has 2 aromatic carbocycles. The Balaban J connectivity index is 1.98. The summed E-state index contributed by atoms with van der Waals surface area (Å²) in [5.74, 6) is -0.514. The second-order valence-electron chi connectivity index (χ2n) is 6.43. The lowest BCUT2D eigenvalue weighted by molar-refractivity contribution is -0.118. The third-order valence-corrected chi connectivity index (χ3v) is 4.41. The van der Waals surface area contributed by atoms with Gasteiger partial charge in [-0.05, 0) is 41.7 Å². The van der Waals surface area contributed by atoms with E-state index < -0.39 is 5.97 Å². The van der Waals surface area contributed by atoms with Gasteiger partial charge < -0.3 is 9.84 Å². The molecule has 0 amide bonds. The van der Waals surface area contributed by atoms with Crippen molar-refractivity contribution in [3.8, 4) is 16.9 Å². The summed E-state index contributed by atoms with van der Waals surface area (Å²) in [5, 5.41) is 10.5. The molecule has 1 N–H and O–H groups in total. The molecule has 27 heavy (non-hydrogen) atoms. The number of rotatable bonds is 1. The SMILES string of the molecule is O=C1CC=CCOC(=O)c2c(O)cc(-c3ccccc3)cc2C=CCCC1. The Morgan fingerprint density at radius 2 is 1.74 bits per heavy atom. The highest BCUT2D eigenvalue weighted by Gasteiger charge is 2.18. The maximum absolute atomic E-state index is 12.5. The molecular formula is C23H22O4. The largest absolute Gasteiger partial charge is 0.507 e. The first-order valence-corrected chi connectivity index (χ1v) is 9.08. The van der Waals surface area contributed by atoms with Crippen molar-refractivity contribution in [1.29, 1.82) is 0 Å². The molecule has 0 radical (unpaired) electrons. The standard InChI is InChI=1S/C23H22O4/c24-20-12-6-2-5-11-18-15-19(17-9-3-1-4-10-17)16-21(25)22(18)23(26)27-14-8-7-13-20/h1,3-5,7-11,15-16,25H,2,6,12-14H2. The Labute approximate surface area is 158 Å². The van der Waals surface area contributed by atoms with Crippen LogP contribution in [0.1, 0.15) is 41.6 Å². The number of carbonyl (C=O) groups is 2. The van der Waals surface area contributed by atoms with Crippen LogP contribution in [0.15, 0.2) is 60.7 Å². The van der Waals surface area contributed by atoms with E-state index in [-0.39, 0.29) is 23.7 Å². The summed E-state index contributed by atoms with van der Waals surface area (Å²) in [6, 6.07) is 13.1. The number of benzene rings is 2. The van der Waals surface area contributed by atoms with Crippen molar-refractivity contribution in [1.82, 2.24) is 0 Å². The third-order valence-electron chi connectivity index (χ3n) is 4.41. The minimum absolute atomic E-state index is 0.0646. The van der Waals surface area contributed by atoms with Crippen LogP contribution in [0, 0.1) is 0 Å². The second-order valence-corrected chi connectivity index (χ2v) is 6.43. The summed E-state index contributed by atoms with van der Waals surface area (Å²) >= 11 is 0. The van der Waals surface area contributed by atoms with Gasteiger partial charge in [0.05, 0.1) is 0 Å². The third kappa shape index (κ3) is 4.94. The normalized spacial score (nSPS) is 15.7. The van der Waals surface area contributed by atoms with Gasteiger partial charge in [0.15, 0.2) is 0 Å². The molecule has 0 saturated heterocycles. The molecule has 3 rings (SSSR count). The molecule has 4 nitrogen and oxygen atoms in total. The first-order chi connectivity index (χ1) is 13.1. The van der Waals surface area contributed by atoms with Gasteiger partial charge in [0, 0.05) is 12.8 Å². The zero-order valence-electron chi connectivity index (χ0n) is 15.1. The lowest BCUT2D eigenvalue weighted by atomic mass is 9.97. The number of cyclic esters (lactones) is 1. The number of esters is 1. The molecule has 0 aromatic heterocycles. The van der Waals surface area contributed by atoms with Crippen LogP contribution in [0.5, 0.6) is 5.75 Å². The lowest BCUT2D eigenvalue weighted by Crippen LogP contribution is -2.08. The number of hydrogen-bond acceptors (Lipinski definition) is 4. The van der Waals surface area contributed by atoms with Crippen molar-refractivity contribution in [2.45, 2.75) is 25.7 Å². The van der Waals surface area contributed by atoms with Crippen molar-refractivity contribution < 1.29 is 19.4 Å². The summed E-state index contributed by atoms with van der Waals surface area (Å²) in [7, 11) is 0. The summed E-state index contributed by atoms with van der Waals surface area (Å²) in [4.78, 5) is 24.2. The maximum atomic E-state index is 12.5. The lowest BCUT2D eigenvalue weighted by Gasteiger charge is -2.12. The van der Waals surface area contributed by atoms with Crippen LogP contribution in [0.3, 0.4) is 0 Å². The van der Waals surface area contributed by atoms with Gasteiger partial charge >= 0.3 is 5.97 Å². The monoisotopic (exact) mass is 362 g/mol. The van der Waals surface area contributed by atoms with Gasteiger partial charge in [0.25, 0.3) is 0 Å². The molecule has 0 bridgehead atoms. The smallest absolute Gasteiger partial charge is 0.342 e.